The first-order valence-corrected chi connectivity index (χ1v) is 11.9. The molecule has 0 spiro atoms. The van der Waals surface area contributed by atoms with Crippen LogP contribution in [-0.4, -0.2) is 36.6 Å². The number of allylic oxidation sites excluding steroid dienone is 1. The van der Waals surface area contributed by atoms with Crippen LogP contribution in [0.25, 0.3) is 5.57 Å². The molecular weight excluding hydrogens is 394 g/mol. The van der Waals surface area contributed by atoms with E-state index in [1.54, 1.807) is 5.57 Å². The molecule has 0 N–H and O–H groups in total. The summed E-state index contributed by atoms with van der Waals surface area (Å²) in [6.07, 6.45) is 10.7. The van der Waals surface area contributed by atoms with Crippen molar-refractivity contribution in [1.82, 2.24) is 4.90 Å². The van der Waals surface area contributed by atoms with Crippen molar-refractivity contribution in [2.45, 2.75) is 52.1 Å². The van der Waals surface area contributed by atoms with E-state index in [2.05, 4.69) is 43.0 Å². The SMILES string of the molecule is C[C@@H]1CCC[C@@]2(C)C[C@H]3OC(=O)[C@H](CN4CC=C(c5ccc(Cl)cc5)CC4)[C@@H]3C=C12. The maximum Gasteiger partial charge on any atom is 0.311 e. The maximum absolute atomic E-state index is 12.8. The summed E-state index contributed by atoms with van der Waals surface area (Å²) < 4.78 is 5.93. The largest absolute Gasteiger partial charge is 0.461 e. The van der Waals surface area contributed by atoms with Gasteiger partial charge in [0, 0.05) is 30.6 Å². The molecule has 5 atom stereocenters. The van der Waals surface area contributed by atoms with Crippen LogP contribution in [-0.2, 0) is 9.53 Å². The number of nitrogens with zero attached hydrogens (tertiary/aromatic N) is 1. The zero-order valence-corrected chi connectivity index (χ0v) is 18.8. The summed E-state index contributed by atoms with van der Waals surface area (Å²) in [6, 6.07) is 8.10. The minimum atomic E-state index is -0.0216. The first-order chi connectivity index (χ1) is 14.4. The van der Waals surface area contributed by atoms with E-state index in [1.165, 1.54) is 30.4 Å². The Morgan fingerprint density at radius 3 is 2.80 bits per heavy atom. The van der Waals surface area contributed by atoms with E-state index < -0.39 is 0 Å². The molecule has 5 rings (SSSR count). The zero-order valence-electron chi connectivity index (χ0n) is 18.1. The highest BCUT2D eigenvalue weighted by molar-refractivity contribution is 6.30. The smallest absolute Gasteiger partial charge is 0.311 e. The van der Waals surface area contributed by atoms with Crippen molar-refractivity contribution in [3.63, 3.8) is 0 Å². The lowest BCUT2D eigenvalue weighted by molar-refractivity contribution is -0.145. The summed E-state index contributed by atoms with van der Waals surface area (Å²) in [6.45, 7) is 7.44. The predicted molar refractivity (Wildman–Crippen MR) is 121 cm³/mol. The second-order valence-electron chi connectivity index (χ2n) is 10.1. The van der Waals surface area contributed by atoms with Crippen molar-refractivity contribution in [3.8, 4) is 0 Å². The van der Waals surface area contributed by atoms with Gasteiger partial charge in [-0.15, -0.1) is 0 Å². The van der Waals surface area contributed by atoms with E-state index in [4.69, 9.17) is 16.3 Å². The normalized spacial score (nSPS) is 36.4. The van der Waals surface area contributed by atoms with E-state index in [-0.39, 0.29) is 29.3 Å². The lowest BCUT2D eigenvalue weighted by Crippen LogP contribution is -2.41. The number of ether oxygens (including phenoxy) is 1. The van der Waals surface area contributed by atoms with Gasteiger partial charge in [-0.2, -0.15) is 0 Å². The Labute approximate surface area is 185 Å². The van der Waals surface area contributed by atoms with Gasteiger partial charge < -0.3 is 4.74 Å². The summed E-state index contributed by atoms with van der Waals surface area (Å²) in [5.41, 5.74) is 4.46. The summed E-state index contributed by atoms with van der Waals surface area (Å²) in [5, 5.41) is 0.774. The number of hydrogen-bond acceptors (Lipinski definition) is 3. The molecule has 0 bridgehead atoms. The quantitative estimate of drug-likeness (QED) is 0.456. The molecule has 1 aromatic carbocycles. The summed E-state index contributed by atoms with van der Waals surface area (Å²) in [7, 11) is 0. The molecule has 30 heavy (non-hydrogen) atoms. The van der Waals surface area contributed by atoms with Crippen LogP contribution < -0.4 is 0 Å². The Balaban J connectivity index is 1.30. The van der Waals surface area contributed by atoms with Crippen molar-refractivity contribution in [2.75, 3.05) is 19.6 Å². The Morgan fingerprint density at radius 2 is 2.07 bits per heavy atom. The predicted octanol–water partition coefficient (Wildman–Crippen LogP) is 5.74. The van der Waals surface area contributed by atoms with Gasteiger partial charge in [0.25, 0.3) is 0 Å². The van der Waals surface area contributed by atoms with Gasteiger partial charge in [0.2, 0.25) is 0 Å². The van der Waals surface area contributed by atoms with Crippen molar-refractivity contribution in [2.24, 2.45) is 23.2 Å². The van der Waals surface area contributed by atoms with Gasteiger partial charge in [-0.25, -0.2) is 0 Å². The van der Waals surface area contributed by atoms with Crippen LogP contribution in [0.1, 0.15) is 51.5 Å². The Bertz CT molecular complexity index is 889. The number of esters is 1. The molecule has 2 aliphatic carbocycles. The fourth-order valence-electron chi connectivity index (χ4n) is 6.34. The molecule has 4 heteroatoms. The van der Waals surface area contributed by atoms with Crippen LogP contribution in [0.4, 0.5) is 0 Å². The summed E-state index contributed by atoms with van der Waals surface area (Å²) >= 11 is 6.02. The second kappa shape index (κ2) is 7.84. The molecule has 3 nitrogen and oxygen atoms in total. The van der Waals surface area contributed by atoms with Crippen molar-refractivity contribution >= 4 is 23.1 Å². The first kappa shape index (κ1) is 20.3. The maximum atomic E-state index is 12.8. The molecule has 0 aromatic heterocycles. The molecule has 0 amide bonds. The number of rotatable bonds is 3. The molecule has 0 unspecified atom stereocenters. The van der Waals surface area contributed by atoms with E-state index in [1.807, 2.05) is 12.1 Å². The fraction of sp³-hybridized carbons (Fsp3) is 0.577. The zero-order chi connectivity index (χ0) is 20.9. The lowest BCUT2D eigenvalue weighted by Gasteiger charge is -2.46. The molecule has 4 aliphatic rings. The second-order valence-corrected chi connectivity index (χ2v) is 10.5. The monoisotopic (exact) mass is 425 g/mol. The summed E-state index contributed by atoms with van der Waals surface area (Å²) in [4.78, 5) is 15.2. The standard InChI is InChI=1S/C26H32ClNO2/c1-17-4-3-11-26(2)15-24-21(14-23(17)26)22(25(29)30-24)16-28-12-9-19(10-13-28)18-5-7-20(27)8-6-18/h5-9,14,17,21-22,24H,3-4,10-13,15-16H2,1-2H3/t17-,21+,22-,24-,26+/m1/s1. The van der Waals surface area contributed by atoms with Crippen LogP contribution in [0.3, 0.4) is 0 Å². The number of hydrogen-bond donors (Lipinski definition) is 0. The molecule has 0 radical (unpaired) electrons. The van der Waals surface area contributed by atoms with Crippen molar-refractivity contribution in [1.29, 1.82) is 0 Å². The molecule has 160 valence electrons. The van der Waals surface area contributed by atoms with E-state index in [0.717, 1.165) is 37.5 Å². The van der Waals surface area contributed by atoms with Crippen molar-refractivity contribution in [3.05, 3.63) is 52.6 Å². The molecular formula is C26H32ClNO2. The van der Waals surface area contributed by atoms with Gasteiger partial charge >= 0.3 is 5.97 Å². The number of carbonyl (C=O) groups is 1. The molecule has 1 saturated heterocycles. The van der Waals surface area contributed by atoms with Gasteiger partial charge in [0.1, 0.15) is 6.10 Å². The van der Waals surface area contributed by atoms with Crippen LogP contribution in [0.15, 0.2) is 42.0 Å². The lowest BCUT2D eigenvalue weighted by atomic mass is 9.59. The van der Waals surface area contributed by atoms with Crippen LogP contribution in [0.5, 0.6) is 0 Å². The van der Waals surface area contributed by atoms with Crippen LogP contribution in [0, 0.1) is 23.2 Å². The Hall–Kier alpha value is -1.58. The average Bonchev–Trinajstić information content (AvgIpc) is 3.01. The highest BCUT2D eigenvalue weighted by Crippen LogP contribution is 2.54. The molecule has 2 aliphatic heterocycles. The Kier molecular flexibility index (Phi) is 5.31. The number of carbonyl (C=O) groups excluding carboxylic acids is 1. The highest BCUT2D eigenvalue weighted by Gasteiger charge is 2.51. The third-order valence-corrected chi connectivity index (χ3v) is 8.30. The summed E-state index contributed by atoms with van der Waals surface area (Å²) in [5.74, 6) is 0.888. The third-order valence-electron chi connectivity index (χ3n) is 8.04. The van der Waals surface area contributed by atoms with Gasteiger partial charge in [-0.1, -0.05) is 61.7 Å². The minimum Gasteiger partial charge on any atom is -0.461 e. The highest BCUT2D eigenvalue weighted by atomic mass is 35.5. The molecule has 2 heterocycles. The molecule has 2 fully saturated rings. The number of benzene rings is 1. The Morgan fingerprint density at radius 1 is 1.27 bits per heavy atom. The average molecular weight is 426 g/mol. The van der Waals surface area contributed by atoms with Gasteiger partial charge in [0.15, 0.2) is 0 Å². The van der Waals surface area contributed by atoms with E-state index >= 15 is 0 Å². The topological polar surface area (TPSA) is 29.5 Å². The fourth-order valence-corrected chi connectivity index (χ4v) is 6.47. The number of halogens is 1. The van der Waals surface area contributed by atoms with E-state index in [9.17, 15) is 4.79 Å². The minimum absolute atomic E-state index is 0.0178. The molecule has 1 aromatic rings. The van der Waals surface area contributed by atoms with E-state index in [0.29, 0.717) is 5.92 Å². The van der Waals surface area contributed by atoms with Gasteiger partial charge in [0.05, 0.1) is 5.92 Å². The van der Waals surface area contributed by atoms with Gasteiger partial charge in [-0.3, -0.25) is 9.69 Å². The van der Waals surface area contributed by atoms with Gasteiger partial charge in [-0.05, 0) is 60.3 Å². The third kappa shape index (κ3) is 3.65. The first-order valence-electron chi connectivity index (χ1n) is 11.5. The number of fused-ring (bicyclic) bond motifs is 2. The molecule has 1 saturated carbocycles. The van der Waals surface area contributed by atoms with Crippen LogP contribution in [0.2, 0.25) is 5.02 Å². The van der Waals surface area contributed by atoms with Crippen LogP contribution >= 0.6 is 11.6 Å². The van der Waals surface area contributed by atoms with Crippen molar-refractivity contribution < 1.29 is 9.53 Å².